The zero-order valence-electron chi connectivity index (χ0n) is 16.0. The molecule has 6 heteroatoms. The molecule has 1 unspecified atom stereocenters. The summed E-state index contributed by atoms with van der Waals surface area (Å²) in [7, 11) is 0. The lowest BCUT2D eigenvalue weighted by atomic mass is 10.1. The summed E-state index contributed by atoms with van der Waals surface area (Å²) in [6.07, 6.45) is 2.55. The Morgan fingerprint density at radius 1 is 1.11 bits per heavy atom. The highest BCUT2D eigenvalue weighted by atomic mass is 16.2. The van der Waals surface area contributed by atoms with E-state index >= 15 is 0 Å². The summed E-state index contributed by atoms with van der Waals surface area (Å²) in [6.45, 7) is 7.89. The number of nitrogens with one attached hydrogen (secondary N) is 2. The first-order valence-electron chi connectivity index (χ1n) is 9.06. The van der Waals surface area contributed by atoms with Gasteiger partial charge in [-0.05, 0) is 62.6 Å². The van der Waals surface area contributed by atoms with E-state index in [0.29, 0.717) is 11.2 Å². The van der Waals surface area contributed by atoms with Crippen molar-refractivity contribution in [3.8, 4) is 0 Å². The number of hydrogen-bond acceptors (Lipinski definition) is 3. The average Bonchev–Trinajstić information content (AvgIpc) is 3.00. The Hall–Kier alpha value is -3.15. The molecule has 0 fully saturated rings. The molecule has 0 aliphatic carbocycles. The number of carbonyl (C=O) groups excluding carboxylic acids is 2. The van der Waals surface area contributed by atoms with Gasteiger partial charge in [0.05, 0.1) is 5.52 Å². The van der Waals surface area contributed by atoms with Crippen LogP contribution in [0.4, 0.5) is 5.69 Å². The first-order valence-corrected chi connectivity index (χ1v) is 9.06. The lowest BCUT2D eigenvalue weighted by Gasteiger charge is -2.09. The molecule has 3 aromatic rings. The smallest absolute Gasteiger partial charge is 0.292 e. The van der Waals surface area contributed by atoms with Crippen LogP contribution in [0.1, 0.15) is 52.5 Å². The summed E-state index contributed by atoms with van der Waals surface area (Å²) in [4.78, 5) is 29.8. The first-order chi connectivity index (χ1) is 12.9. The van der Waals surface area contributed by atoms with Gasteiger partial charge in [0.2, 0.25) is 5.82 Å². The van der Waals surface area contributed by atoms with Gasteiger partial charge in [-0.2, -0.15) is 0 Å². The number of amides is 2. The maximum atomic E-state index is 12.8. The number of imidazole rings is 1. The summed E-state index contributed by atoms with van der Waals surface area (Å²) in [5.41, 5.74) is 3.68. The van der Waals surface area contributed by atoms with E-state index in [9.17, 15) is 9.59 Å². The molecule has 2 heterocycles. The molecule has 0 bridgehead atoms. The molecule has 2 aromatic heterocycles. The summed E-state index contributed by atoms with van der Waals surface area (Å²) >= 11 is 0. The lowest BCUT2D eigenvalue weighted by molar-refractivity contribution is 0.0936. The van der Waals surface area contributed by atoms with Crippen molar-refractivity contribution in [2.75, 3.05) is 5.32 Å². The molecule has 0 saturated heterocycles. The normalized spacial score (nSPS) is 12.0. The Kier molecular flexibility index (Phi) is 5.26. The number of rotatable bonds is 5. The van der Waals surface area contributed by atoms with Crippen LogP contribution in [0.25, 0.3) is 5.52 Å². The third-order valence-corrected chi connectivity index (χ3v) is 4.44. The first kappa shape index (κ1) is 18.6. The number of nitrogens with zero attached hydrogens (tertiary/aromatic N) is 2. The van der Waals surface area contributed by atoms with Crippen LogP contribution in [0.15, 0.2) is 42.6 Å². The fourth-order valence-electron chi connectivity index (χ4n) is 2.99. The SMILES string of the molecule is CCC(C)NC(=O)c1nc(C(=O)Nc2cc(C)cc(C)c2)n2ccccc12. The molecule has 1 aromatic carbocycles. The molecule has 1 atom stereocenters. The van der Waals surface area contributed by atoms with E-state index in [1.165, 1.54) is 0 Å². The minimum Gasteiger partial charge on any atom is -0.348 e. The lowest BCUT2D eigenvalue weighted by Crippen LogP contribution is -2.32. The number of pyridine rings is 1. The molecule has 3 rings (SSSR count). The molecule has 0 aliphatic rings. The highest BCUT2D eigenvalue weighted by Crippen LogP contribution is 2.17. The Morgan fingerprint density at radius 2 is 1.81 bits per heavy atom. The number of carbonyl (C=O) groups is 2. The summed E-state index contributed by atoms with van der Waals surface area (Å²) < 4.78 is 1.64. The molecule has 140 valence electrons. The fourth-order valence-corrected chi connectivity index (χ4v) is 2.99. The second kappa shape index (κ2) is 7.61. The number of aromatic nitrogens is 2. The monoisotopic (exact) mass is 364 g/mol. The quantitative estimate of drug-likeness (QED) is 0.724. The van der Waals surface area contributed by atoms with E-state index in [1.54, 1.807) is 22.7 Å². The van der Waals surface area contributed by atoms with Gasteiger partial charge in [0.15, 0.2) is 5.69 Å². The highest BCUT2D eigenvalue weighted by molar-refractivity contribution is 6.06. The van der Waals surface area contributed by atoms with E-state index in [-0.39, 0.29) is 29.4 Å². The van der Waals surface area contributed by atoms with Crippen LogP contribution < -0.4 is 10.6 Å². The van der Waals surface area contributed by atoms with E-state index in [4.69, 9.17) is 0 Å². The Morgan fingerprint density at radius 3 is 2.48 bits per heavy atom. The van der Waals surface area contributed by atoms with E-state index in [2.05, 4.69) is 15.6 Å². The average molecular weight is 364 g/mol. The van der Waals surface area contributed by atoms with E-state index in [0.717, 1.165) is 17.5 Å². The van der Waals surface area contributed by atoms with Gasteiger partial charge in [-0.15, -0.1) is 0 Å². The maximum Gasteiger partial charge on any atom is 0.292 e. The van der Waals surface area contributed by atoms with Crippen molar-refractivity contribution < 1.29 is 9.59 Å². The number of hydrogen-bond donors (Lipinski definition) is 2. The van der Waals surface area contributed by atoms with Gasteiger partial charge in [-0.25, -0.2) is 4.98 Å². The molecule has 6 nitrogen and oxygen atoms in total. The van der Waals surface area contributed by atoms with Crippen LogP contribution in [0.5, 0.6) is 0 Å². The maximum absolute atomic E-state index is 12.8. The molecular formula is C21H24N4O2. The largest absolute Gasteiger partial charge is 0.348 e. The van der Waals surface area contributed by atoms with Crippen LogP contribution >= 0.6 is 0 Å². The van der Waals surface area contributed by atoms with E-state index < -0.39 is 0 Å². The van der Waals surface area contributed by atoms with Crippen molar-refractivity contribution in [3.05, 3.63) is 65.2 Å². The zero-order chi connectivity index (χ0) is 19.6. The zero-order valence-corrected chi connectivity index (χ0v) is 16.0. The Labute approximate surface area is 158 Å². The van der Waals surface area contributed by atoms with Gasteiger partial charge in [0.25, 0.3) is 11.8 Å². The van der Waals surface area contributed by atoms with Crippen LogP contribution in [0.2, 0.25) is 0 Å². The Bertz CT molecular complexity index is 986. The van der Waals surface area contributed by atoms with Gasteiger partial charge < -0.3 is 10.6 Å². The van der Waals surface area contributed by atoms with Gasteiger partial charge in [0.1, 0.15) is 0 Å². The second-order valence-corrected chi connectivity index (χ2v) is 6.85. The summed E-state index contributed by atoms with van der Waals surface area (Å²) in [6, 6.07) is 11.3. The minimum absolute atomic E-state index is 0.0329. The van der Waals surface area contributed by atoms with Gasteiger partial charge >= 0.3 is 0 Å². The number of fused-ring (bicyclic) bond motifs is 1. The molecule has 0 spiro atoms. The third kappa shape index (κ3) is 4.00. The summed E-state index contributed by atoms with van der Waals surface area (Å²) in [5.74, 6) is -0.457. The van der Waals surface area contributed by atoms with Gasteiger partial charge in [0, 0.05) is 17.9 Å². The second-order valence-electron chi connectivity index (χ2n) is 6.85. The fraction of sp³-hybridized carbons (Fsp3) is 0.286. The third-order valence-electron chi connectivity index (χ3n) is 4.44. The van der Waals surface area contributed by atoms with Crippen molar-refractivity contribution in [2.45, 2.75) is 40.2 Å². The van der Waals surface area contributed by atoms with Crippen LogP contribution in [0.3, 0.4) is 0 Å². The van der Waals surface area contributed by atoms with Crippen molar-refractivity contribution in [3.63, 3.8) is 0 Å². The highest BCUT2D eigenvalue weighted by Gasteiger charge is 2.22. The molecule has 0 radical (unpaired) electrons. The standard InChI is InChI=1S/C21H24N4O2/c1-5-15(4)22-20(26)18-17-8-6-7-9-25(17)19(24-18)21(27)23-16-11-13(2)10-14(3)12-16/h6-12,15H,5H2,1-4H3,(H,22,26)(H,23,27). The van der Waals surface area contributed by atoms with Crippen LogP contribution in [-0.4, -0.2) is 27.2 Å². The van der Waals surface area contributed by atoms with Crippen molar-refractivity contribution in [1.29, 1.82) is 0 Å². The van der Waals surface area contributed by atoms with Crippen molar-refractivity contribution >= 4 is 23.0 Å². The Balaban J connectivity index is 1.96. The van der Waals surface area contributed by atoms with Gasteiger partial charge in [-0.3, -0.25) is 14.0 Å². The number of aryl methyl sites for hydroxylation is 2. The molecule has 0 saturated carbocycles. The predicted octanol–water partition coefficient (Wildman–Crippen LogP) is 3.73. The molecule has 0 aliphatic heterocycles. The predicted molar refractivity (Wildman–Crippen MR) is 106 cm³/mol. The minimum atomic E-state index is -0.358. The molecule has 2 N–H and O–H groups in total. The van der Waals surface area contributed by atoms with Crippen LogP contribution in [-0.2, 0) is 0 Å². The molecule has 27 heavy (non-hydrogen) atoms. The molecular weight excluding hydrogens is 340 g/mol. The van der Waals surface area contributed by atoms with Crippen molar-refractivity contribution in [1.82, 2.24) is 14.7 Å². The summed E-state index contributed by atoms with van der Waals surface area (Å²) in [5, 5.41) is 5.79. The number of benzene rings is 1. The number of anilines is 1. The van der Waals surface area contributed by atoms with Crippen LogP contribution in [0, 0.1) is 13.8 Å². The topological polar surface area (TPSA) is 75.5 Å². The van der Waals surface area contributed by atoms with E-state index in [1.807, 2.05) is 52.0 Å². The molecule has 2 amide bonds. The van der Waals surface area contributed by atoms with Gasteiger partial charge in [-0.1, -0.05) is 19.1 Å². The van der Waals surface area contributed by atoms with Crippen molar-refractivity contribution in [2.24, 2.45) is 0 Å².